The lowest BCUT2D eigenvalue weighted by Gasteiger charge is -2.43. The topological polar surface area (TPSA) is 121 Å². The third-order valence-corrected chi connectivity index (χ3v) is 7.99. The number of ketones is 1. The van der Waals surface area contributed by atoms with Crippen LogP contribution < -0.4 is 0 Å². The van der Waals surface area contributed by atoms with Crippen LogP contribution in [0.15, 0.2) is 48.7 Å². The number of benzene rings is 2. The number of piperidine rings is 1. The number of rotatable bonds is 4. The molecule has 194 valence electrons. The number of likely N-dealkylation sites (tertiary alicyclic amines) is 1. The van der Waals surface area contributed by atoms with Crippen molar-refractivity contribution in [1.29, 1.82) is 0 Å². The highest BCUT2D eigenvalue weighted by molar-refractivity contribution is 5.99. The van der Waals surface area contributed by atoms with Gasteiger partial charge in [0.2, 0.25) is 0 Å². The number of carboxylic acid groups (broad SMARTS) is 1. The number of hydrogen-bond acceptors (Lipinski definition) is 5. The fourth-order valence-corrected chi connectivity index (χ4v) is 6.00. The lowest BCUT2D eigenvalue weighted by molar-refractivity contribution is 0.0508. The second-order valence-corrected chi connectivity index (χ2v) is 10.8. The molecule has 1 amide bonds. The van der Waals surface area contributed by atoms with Gasteiger partial charge in [-0.1, -0.05) is 24.3 Å². The Labute approximate surface area is 219 Å². The summed E-state index contributed by atoms with van der Waals surface area (Å²) in [7, 11) is 0. The zero-order valence-electron chi connectivity index (χ0n) is 21.4. The van der Waals surface area contributed by atoms with Crippen LogP contribution >= 0.6 is 0 Å². The predicted molar refractivity (Wildman–Crippen MR) is 141 cm³/mol. The molecule has 3 heterocycles. The van der Waals surface area contributed by atoms with Gasteiger partial charge in [-0.3, -0.25) is 14.3 Å². The molecule has 2 aliphatic rings. The Morgan fingerprint density at radius 3 is 2.58 bits per heavy atom. The first-order valence-corrected chi connectivity index (χ1v) is 13.0. The van der Waals surface area contributed by atoms with Crippen molar-refractivity contribution in [2.75, 3.05) is 13.1 Å². The summed E-state index contributed by atoms with van der Waals surface area (Å²) in [4.78, 5) is 47.6. The SMILES string of the molecule is CC(C)n1ncc2c1C(=O)CC1(CCN(C(=O)c3nc4ccc(-c5ccccc5C(=O)O)cc4[nH]3)CC1)C2. The Hall–Kier alpha value is -4.27. The van der Waals surface area contributed by atoms with Crippen LogP contribution in [-0.4, -0.2) is 60.5 Å². The molecule has 6 rings (SSSR count). The van der Waals surface area contributed by atoms with Crippen LogP contribution in [-0.2, 0) is 6.42 Å². The highest BCUT2D eigenvalue weighted by Crippen LogP contribution is 2.44. The fourth-order valence-electron chi connectivity index (χ4n) is 6.00. The average molecular weight is 512 g/mol. The van der Waals surface area contributed by atoms with E-state index in [1.807, 2.05) is 36.9 Å². The van der Waals surface area contributed by atoms with E-state index in [0.29, 0.717) is 36.1 Å². The molecular weight excluding hydrogens is 482 g/mol. The Balaban J connectivity index is 1.19. The summed E-state index contributed by atoms with van der Waals surface area (Å²) in [6, 6.07) is 12.4. The second kappa shape index (κ2) is 8.93. The average Bonchev–Trinajstić information content (AvgIpc) is 3.53. The van der Waals surface area contributed by atoms with Crippen LogP contribution in [0.4, 0.5) is 0 Å². The molecule has 1 saturated heterocycles. The molecule has 38 heavy (non-hydrogen) atoms. The number of carboxylic acids is 1. The molecule has 1 aliphatic heterocycles. The van der Waals surface area contributed by atoms with Crippen molar-refractivity contribution in [2.24, 2.45) is 5.41 Å². The Morgan fingerprint density at radius 1 is 1.08 bits per heavy atom. The zero-order chi connectivity index (χ0) is 26.6. The molecule has 9 nitrogen and oxygen atoms in total. The molecule has 2 aromatic carbocycles. The molecule has 0 bridgehead atoms. The second-order valence-electron chi connectivity index (χ2n) is 10.8. The highest BCUT2D eigenvalue weighted by atomic mass is 16.4. The van der Waals surface area contributed by atoms with Crippen molar-refractivity contribution in [1.82, 2.24) is 24.6 Å². The molecule has 2 N–H and O–H groups in total. The number of Topliss-reactive ketones (excluding diaryl/α,β-unsaturated/α-hetero) is 1. The predicted octanol–water partition coefficient (Wildman–Crippen LogP) is 4.76. The molecular formula is C29H29N5O4. The molecule has 2 aromatic heterocycles. The molecule has 4 aromatic rings. The smallest absolute Gasteiger partial charge is 0.336 e. The van der Waals surface area contributed by atoms with Crippen molar-refractivity contribution in [2.45, 2.75) is 45.6 Å². The van der Waals surface area contributed by atoms with Crippen LogP contribution in [0.1, 0.15) is 76.2 Å². The summed E-state index contributed by atoms with van der Waals surface area (Å²) < 4.78 is 1.83. The number of fused-ring (bicyclic) bond motifs is 2. The van der Waals surface area contributed by atoms with Gasteiger partial charge in [-0.15, -0.1) is 0 Å². The third kappa shape index (κ3) is 3.98. The van der Waals surface area contributed by atoms with Crippen LogP contribution in [0.2, 0.25) is 0 Å². The van der Waals surface area contributed by atoms with E-state index in [1.54, 1.807) is 35.2 Å². The lowest BCUT2D eigenvalue weighted by Crippen LogP contribution is -2.46. The van der Waals surface area contributed by atoms with E-state index in [1.165, 1.54) is 0 Å². The number of aromatic nitrogens is 4. The van der Waals surface area contributed by atoms with Gasteiger partial charge in [-0.25, -0.2) is 9.78 Å². The van der Waals surface area contributed by atoms with Crippen molar-refractivity contribution in [3.63, 3.8) is 0 Å². The van der Waals surface area contributed by atoms with Crippen molar-refractivity contribution < 1.29 is 19.5 Å². The van der Waals surface area contributed by atoms with Gasteiger partial charge < -0.3 is 15.0 Å². The first-order chi connectivity index (χ1) is 18.2. The van der Waals surface area contributed by atoms with Gasteiger partial charge in [0, 0.05) is 31.1 Å². The van der Waals surface area contributed by atoms with Crippen molar-refractivity contribution in [3.05, 3.63) is 71.3 Å². The van der Waals surface area contributed by atoms with Crippen LogP contribution in [0.5, 0.6) is 0 Å². The maximum absolute atomic E-state index is 13.4. The summed E-state index contributed by atoms with van der Waals surface area (Å²) in [6.45, 7) is 5.19. The number of hydrogen-bond donors (Lipinski definition) is 2. The van der Waals surface area contributed by atoms with E-state index >= 15 is 0 Å². The van der Waals surface area contributed by atoms with Crippen LogP contribution in [0.25, 0.3) is 22.2 Å². The van der Waals surface area contributed by atoms with Crippen molar-refractivity contribution >= 4 is 28.7 Å². The minimum absolute atomic E-state index is 0.133. The molecule has 1 spiro atoms. The number of carbonyl (C=O) groups excluding carboxylic acids is 2. The number of imidazole rings is 1. The number of aromatic amines is 1. The summed E-state index contributed by atoms with van der Waals surface area (Å²) in [5, 5.41) is 14.0. The van der Waals surface area contributed by atoms with Gasteiger partial charge in [0.05, 0.1) is 22.8 Å². The summed E-state index contributed by atoms with van der Waals surface area (Å²) in [6.07, 6.45) is 4.66. The Morgan fingerprint density at radius 2 is 1.84 bits per heavy atom. The first kappa shape index (κ1) is 24.1. The van der Waals surface area contributed by atoms with E-state index in [9.17, 15) is 19.5 Å². The van der Waals surface area contributed by atoms with Gasteiger partial charge >= 0.3 is 5.97 Å². The molecule has 1 aliphatic carbocycles. The quantitative estimate of drug-likeness (QED) is 0.408. The first-order valence-electron chi connectivity index (χ1n) is 13.0. The van der Waals surface area contributed by atoms with Crippen LogP contribution in [0.3, 0.4) is 0 Å². The number of aromatic carboxylic acids is 1. The Bertz CT molecular complexity index is 1590. The summed E-state index contributed by atoms with van der Waals surface area (Å²) in [5.41, 5.74) is 4.51. The largest absolute Gasteiger partial charge is 0.478 e. The maximum atomic E-state index is 13.4. The highest BCUT2D eigenvalue weighted by Gasteiger charge is 2.43. The molecule has 9 heteroatoms. The number of carbonyl (C=O) groups is 3. The van der Waals surface area contributed by atoms with E-state index < -0.39 is 5.97 Å². The van der Waals surface area contributed by atoms with Gasteiger partial charge in [-0.05, 0) is 67.9 Å². The minimum Gasteiger partial charge on any atom is -0.478 e. The standard InChI is InChI=1S/C29H29N5O4/c1-17(2)34-25-19(16-30-34)14-29(15-24(25)35)9-11-33(12-10-29)27(36)26-31-22-8-7-18(13-23(22)32-26)20-5-3-4-6-21(20)28(37)38/h3-8,13,16-17H,9-12,14-15H2,1-2H3,(H,31,32)(H,37,38). The summed E-state index contributed by atoms with van der Waals surface area (Å²) in [5.74, 6) is -0.748. The fraction of sp³-hybridized carbons (Fsp3) is 0.345. The van der Waals surface area contributed by atoms with E-state index in [0.717, 1.165) is 36.1 Å². The third-order valence-electron chi connectivity index (χ3n) is 7.99. The van der Waals surface area contributed by atoms with Gasteiger partial charge in [-0.2, -0.15) is 5.10 Å². The van der Waals surface area contributed by atoms with E-state index in [-0.39, 0.29) is 34.5 Å². The van der Waals surface area contributed by atoms with Crippen molar-refractivity contribution in [3.8, 4) is 11.1 Å². The number of amides is 1. The zero-order valence-corrected chi connectivity index (χ0v) is 21.4. The number of nitrogens with one attached hydrogen (secondary N) is 1. The number of nitrogens with zero attached hydrogens (tertiary/aromatic N) is 4. The molecule has 0 radical (unpaired) electrons. The summed E-state index contributed by atoms with van der Waals surface area (Å²) >= 11 is 0. The van der Waals surface area contributed by atoms with Gasteiger partial charge in [0.15, 0.2) is 11.6 Å². The lowest BCUT2D eigenvalue weighted by atomic mass is 9.67. The Kier molecular flexibility index (Phi) is 5.66. The molecule has 1 fully saturated rings. The maximum Gasteiger partial charge on any atom is 0.336 e. The normalized spacial score (nSPS) is 16.8. The number of H-pyrrole nitrogens is 1. The molecule has 0 atom stereocenters. The minimum atomic E-state index is -0.992. The van der Waals surface area contributed by atoms with Gasteiger partial charge in [0.25, 0.3) is 5.91 Å². The van der Waals surface area contributed by atoms with E-state index in [4.69, 9.17) is 0 Å². The monoisotopic (exact) mass is 511 g/mol. The van der Waals surface area contributed by atoms with Crippen LogP contribution in [0, 0.1) is 5.41 Å². The molecule has 0 unspecified atom stereocenters. The van der Waals surface area contributed by atoms with Gasteiger partial charge in [0.1, 0.15) is 5.69 Å². The van der Waals surface area contributed by atoms with E-state index in [2.05, 4.69) is 15.1 Å². The molecule has 0 saturated carbocycles.